The van der Waals surface area contributed by atoms with Crippen LogP contribution in [0.4, 0.5) is 5.69 Å². The SMILES string of the molecule is [O-]N(O)c1ccccc1CC1CC1(Cl)Cl. The molecule has 1 aliphatic rings. The zero-order chi connectivity index (χ0) is 11.1. The number of rotatable bonds is 3. The zero-order valence-corrected chi connectivity index (χ0v) is 9.37. The van der Waals surface area contributed by atoms with E-state index in [1.54, 1.807) is 18.2 Å². The van der Waals surface area contributed by atoms with E-state index in [4.69, 9.17) is 28.4 Å². The van der Waals surface area contributed by atoms with Gasteiger partial charge in [0.1, 0.15) is 4.33 Å². The van der Waals surface area contributed by atoms with Crippen molar-refractivity contribution >= 4 is 28.9 Å². The van der Waals surface area contributed by atoms with Gasteiger partial charge in [0.15, 0.2) is 0 Å². The molecule has 1 N–H and O–H groups in total. The van der Waals surface area contributed by atoms with Crippen molar-refractivity contribution in [3.8, 4) is 0 Å². The quantitative estimate of drug-likeness (QED) is 0.659. The summed E-state index contributed by atoms with van der Waals surface area (Å²) in [7, 11) is 0. The highest BCUT2D eigenvalue weighted by Gasteiger charge is 2.51. The lowest BCUT2D eigenvalue weighted by molar-refractivity contribution is 0.295. The summed E-state index contributed by atoms with van der Waals surface area (Å²) < 4.78 is -0.656. The van der Waals surface area contributed by atoms with Crippen LogP contribution in [0.25, 0.3) is 0 Å². The Bertz CT molecular complexity index is 368. The maximum Gasteiger partial charge on any atom is 0.121 e. The van der Waals surface area contributed by atoms with Gasteiger partial charge in [0, 0.05) is 0 Å². The van der Waals surface area contributed by atoms with Gasteiger partial charge >= 0.3 is 0 Å². The van der Waals surface area contributed by atoms with Crippen LogP contribution in [0.2, 0.25) is 0 Å². The van der Waals surface area contributed by atoms with E-state index in [9.17, 15) is 5.21 Å². The van der Waals surface area contributed by atoms with Crippen molar-refractivity contribution in [3.05, 3.63) is 35.0 Å². The Morgan fingerprint density at radius 1 is 1.47 bits per heavy atom. The molecule has 3 nitrogen and oxygen atoms in total. The van der Waals surface area contributed by atoms with Gasteiger partial charge in [0.2, 0.25) is 0 Å². The number of nitrogens with zero attached hydrogens (tertiary/aromatic N) is 1. The van der Waals surface area contributed by atoms with Crippen LogP contribution >= 0.6 is 23.2 Å². The molecule has 0 bridgehead atoms. The van der Waals surface area contributed by atoms with E-state index < -0.39 is 4.33 Å². The molecular weight excluding hydrogens is 237 g/mol. The molecule has 0 heterocycles. The Morgan fingerprint density at radius 3 is 2.60 bits per heavy atom. The number of benzene rings is 1. The monoisotopic (exact) mass is 246 g/mol. The van der Waals surface area contributed by atoms with Crippen molar-refractivity contribution in [2.24, 2.45) is 5.92 Å². The van der Waals surface area contributed by atoms with E-state index in [0.717, 1.165) is 12.0 Å². The van der Waals surface area contributed by atoms with Gasteiger partial charge in [-0.3, -0.25) is 5.21 Å². The Kier molecular flexibility index (Phi) is 2.81. The Balaban J connectivity index is 2.14. The molecule has 0 radical (unpaired) electrons. The number of anilines is 1. The molecule has 1 unspecified atom stereocenters. The van der Waals surface area contributed by atoms with Crippen LogP contribution in [0.1, 0.15) is 12.0 Å². The molecule has 1 atom stereocenters. The molecule has 15 heavy (non-hydrogen) atoms. The van der Waals surface area contributed by atoms with Gasteiger partial charge in [-0.2, -0.15) is 0 Å². The van der Waals surface area contributed by atoms with Crippen molar-refractivity contribution in [2.45, 2.75) is 17.2 Å². The third-order valence-corrected chi connectivity index (χ3v) is 3.55. The fourth-order valence-electron chi connectivity index (χ4n) is 1.63. The molecule has 0 aliphatic heterocycles. The van der Waals surface area contributed by atoms with Crippen LogP contribution < -0.4 is 5.23 Å². The smallest absolute Gasteiger partial charge is 0.121 e. The Labute approximate surface area is 97.7 Å². The van der Waals surface area contributed by atoms with Crippen LogP contribution in [0, 0.1) is 11.1 Å². The first-order valence-electron chi connectivity index (χ1n) is 4.62. The topological polar surface area (TPSA) is 46.5 Å². The van der Waals surface area contributed by atoms with E-state index in [2.05, 4.69) is 0 Å². The predicted octanol–water partition coefficient (Wildman–Crippen LogP) is 3.12. The molecule has 1 aromatic rings. The third kappa shape index (κ3) is 2.37. The minimum absolute atomic E-state index is 0.123. The second-order valence-corrected chi connectivity index (χ2v) is 5.31. The third-order valence-electron chi connectivity index (χ3n) is 2.62. The molecule has 0 amide bonds. The van der Waals surface area contributed by atoms with Crippen molar-refractivity contribution in [2.75, 3.05) is 5.23 Å². The first kappa shape index (κ1) is 11.0. The number of hydrogen-bond acceptors (Lipinski definition) is 3. The van der Waals surface area contributed by atoms with Crippen LogP contribution in [0.15, 0.2) is 24.3 Å². The molecule has 0 spiro atoms. The normalized spacial score (nSPS) is 22.5. The lowest BCUT2D eigenvalue weighted by Crippen LogP contribution is -2.10. The number of hydrogen-bond donors (Lipinski definition) is 1. The van der Waals surface area contributed by atoms with E-state index in [1.807, 2.05) is 6.07 Å². The molecule has 0 aromatic heterocycles. The molecular formula is C10H10Cl2NO2-. The van der Waals surface area contributed by atoms with Crippen molar-refractivity contribution in [1.82, 2.24) is 0 Å². The summed E-state index contributed by atoms with van der Waals surface area (Å²) in [4.78, 5) is 0. The first-order chi connectivity index (χ1) is 7.00. The van der Waals surface area contributed by atoms with Crippen LogP contribution in [0.3, 0.4) is 0 Å². The lowest BCUT2D eigenvalue weighted by Gasteiger charge is -2.24. The molecule has 1 fully saturated rings. The molecule has 0 saturated heterocycles. The van der Waals surface area contributed by atoms with Gasteiger partial charge in [-0.15, -0.1) is 23.2 Å². The fourth-order valence-corrected chi connectivity index (χ4v) is 2.15. The molecule has 2 rings (SSSR count). The van der Waals surface area contributed by atoms with E-state index in [0.29, 0.717) is 6.42 Å². The van der Waals surface area contributed by atoms with Gasteiger partial charge in [-0.25, -0.2) is 0 Å². The standard InChI is InChI=1S/C10H10Cl2NO2/c11-10(12)6-8(10)5-7-3-1-2-4-9(7)13(14)15/h1-4,8,14H,5-6H2/q-1. The average molecular weight is 247 g/mol. The zero-order valence-electron chi connectivity index (χ0n) is 7.86. The summed E-state index contributed by atoms with van der Waals surface area (Å²) in [5.74, 6) is 0.168. The van der Waals surface area contributed by atoms with Crippen molar-refractivity contribution < 1.29 is 5.21 Å². The second kappa shape index (κ2) is 3.83. The maximum atomic E-state index is 10.8. The summed E-state index contributed by atoms with van der Waals surface area (Å²) >= 11 is 11.8. The van der Waals surface area contributed by atoms with Gasteiger partial charge < -0.3 is 10.4 Å². The Hall–Kier alpha value is -0.480. The minimum Gasteiger partial charge on any atom is -0.733 e. The first-order valence-corrected chi connectivity index (χ1v) is 5.38. The molecule has 5 heteroatoms. The van der Waals surface area contributed by atoms with Gasteiger partial charge in [-0.05, 0) is 30.4 Å². The summed E-state index contributed by atoms with van der Waals surface area (Å²) in [5, 5.41) is 19.6. The second-order valence-electron chi connectivity index (χ2n) is 3.77. The highest BCUT2D eigenvalue weighted by atomic mass is 35.5. The van der Waals surface area contributed by atoms with Crippen LogP contribution in [-0.4, -0.2) is 9.54 Å². The fraction of sp³-hybridized carbons (Fsp3) is 0.400. The summed E-state index contributed by atoms with van der Waals surface area (Å²) in [6.07, 6.45) is 1.34. The largest absolute Gasteiger partial charge is 0.733 e. The number of para-hydroxylation sites is 1. The van der Waals surface area contributed by atoms with Gasteiger partial charge in [0.25, 0.3) is 0 Å². The molecule has 1 aromatic carbocycles. The average Bonchev–Trinajstić information content (AvgIpc) is 2.74. The van der Waals surface area contributed by atoms with Crippen LogP contribution in [0.5, 0.6) is 0 Å². The maximum absolute atomic E-state index is 10.8. The molecule has 1 aliphatic carbocycles. The molecule has 1 saturated carbocycles. The highest BCUT2D eigenvalue weighted by Crippen LogP contribution is 2.55. The minimum atomic E-state index is -0.656. The predicted molar refractivity (Wildman–Crippen MR) is 60.3 cm³/mol. The number of alkyl halides is 2. The number of halogens is 2. The summed E-state index contributed by atoms with van der Waals surface area (Å²) in [6, 6.07) is 6.86. The van der Waals surface area contributed by atoms with Crippen molar-refractivity contribution in [1.29, 1.82) is 0 Å². The molecule has 82 valence electrons. The van der Waals surface area contributed by atoms with Crippen LogP contribution in [-0.2, 0) is 6.42 Å². The van der Waals surface area contributed by atoms with Crippen molar-refractivity contribution in [3.63, 3.8) is 0 Å². The van der Waals surface area contributed by atoms with E-state index >= 15 is 0 Å². The van der Waals surface area contributed by atoms with Gasteiger partial charge in [0.05, 0.1) is 5.69 Å². The lowest BCUT2D eigenvalue weighted by atomic mass is 10.1. The van der Waals surface area contributed by atoms with E-state index in [-0.39, 0.29) is 16.8 Å². The Morgan fingerprint density at radius 2 is 2.07 bits per heavy atom. The van der Waals surface area contributed by atoms with Gasteiger partial charge in [-0.1, -0.05) is 18.2 Å². The van der Waals surface area contributed by atoms with E-state index in [1.165, 1.54) is 0 Å². The summed E-state index contributed by atoms with van der Waals surface area (Å²) in [5.41, 5.74) is 1.02. The summed E-state index contributed by atoms with van der Waals surface area (Å²) in [6.45, 7) is 0. The highest BCUT2D eigenvalue weighted by molar-refractivity contribution is 6.50.